The van der Waals surface area contributed by atoms with Crippen LogP contribution in [0, 0.1) is 11.8 Å². The molecule has 1 fully saturated rings. The average molecular weight is 387 g/mol. The van der Waals surface area contributed by atoms with Crippen molar-refractivity contribution in [2.24, 2.45) is 11.8 Å². The van der Waals surface area contributed by atoms with E-state index in [1.807, 2.05) is 24.3 Å². The van der Waals surface area contributed by atoms with E-state index >= 15 is 0 Å². The van der Waals surface area contributed by atoms with Crippen LogP contribution in [0.4, 0.5) is 0 Å². The van der Waals surface area contributed by atoms with Crippen LogP contribution in [0.2, 0.25) is 0 Å². The van der Waals surface area contributed by atoms with Gasteiger partial charge in [-0.15, -0.1) is 0 Å². The van der Waals surface area contributed by atoms with Crippen LogP contribution in [0.15, 0.2) is 75.6 Å². The lowest BCUT2D eigenvalue weighted by Crippen LogP contribution is -2.20. The smallest absolute Gasteiger partial charge is 0.112 e. The highest BCUT2D eigenvalue weighted by atomic mass is 16.5. The summed E-state index contributed by atoms with van der Waals surface area (Å²) in [5.74, 6) is 1.43. The third-order valence-electron chi connectivity index (χ3n) is 4.62. The molecule has 4 heteroatoms. The molecule has 1 aliphatic carbocycles. The van der Waals surface area contributed by atoms with E-state index in [-0.39, 0.29) is 0 Å². The van der Waals surface area contributed by atoms with Gasteiger partial charge in [0, 0.05) is 0 Å². The van der Waals surface area contributed by atoms with Crippen molar-refractivity contribution in [3.05, 3.63) is 86.8 Å². The van der Waals surface area contributed by atoms with Crippen LogP contribution in [-0.4, -0.2) is 13.2 Å². The molecule has 0 bridgehead atoms. The van der Waals surface area contributed by atoms with Crippen LogP contribution in [0.25, 0.3) is 0 Å². The van der Waals surface area contributed by atoms with E-state index in [1.54, 1.807) is 0 Å². The van der Waals surface area contributed by atoms with E-state index < -0.39 is 0 Å². The molecule has 1 aromatic carbocycles. The predicted octanol–water partition coefficient (Wildman–Crippen LogP) is 6.12. The Morgan fingerprint density at radius 1 is 0.607 bits per heavy atom. The molecule has 0 unspecified atom stereocenters. The molecule has 0 amide bonds. The highest BCUT2D eigenvalue weighted by Crippen LogP contribution is 2.29. The minimum atomic E-state index is 0.562. The first-order valence-corrected chi connectivity index (χ1v) is 9.71. The van der Waals surface area contributed by atoms with Crippen molar-refractivity contribution in [1.29, 1.82) is 0 Å². The van der Waals surface area contributed by atoms with Gasteiger partial charge in [0.15, 0.2) is 0 Å². The molecule has 0 atom stereocenters. The Hall–Kier alpha value is -2.62. The van der Waals surface area contributed by atoms with Gasteiger partial charge in [0.05, 0.1) is 38.3 Å². The van der Waals surface area contributed by atoms with Crippen molar-refractivity contribution >= 4 is 0 Å². The molecule has 0 N–H and O–H groups in total. The Morgan fingerprint density at radius 3 is 1.21 bits per heavy atom. The van der Waals surface area contributed by atoms with Crippen molar-refractivity contribution in [2.75, 3.05) is 13.2 Å². The van der Waals surface area contributed by atoms with Gasteiger partial charge in [-0.1, -0.05) is 50.6 Å². The maximum absolute atomic E-state index is 5.21. The van der Waals surface area contributed by atoms with Gasteiger partial charge in [-0.2, -0.15) is 0 Å². The molecule has 0 saturated heterocycles. The van der Waals surface area contributed by atoms with Crippen LogP contribution in [0.1, 0.15) is 36.8 Å². The summed E-state index contributed by atoms with van der Waals surface area (Å²) in [6.07, 6.45) is 10.9. The standard InChI is InChI=1S/C12H20O2.C12H14O2/c2*1-3-13-9-11-5-7-12(8-6-11)10-14-4-2/h3-4,11-12H,1-2,5-10H2;3-8H,1-2,9-10H2. The fourth-order valence-electron chi connectivity index (χ4n) is 3.02. The van der Waals surface area contributed by atoms with Gasteiger partial charge >= 0.3 is 0 Å². The highest BCUT2D eigenvalue weighted by Gasteiger charge is 2.21. The summed E-state index contributed by atoms with van der Waals surface area (Å²) in [6, 6.07) is 8.02. The van der Waals surface area contributed by atoms with Crippen molar-refractivity contribution in [2.45, 2.75) is 38.9 Å². The topological polar surface area (TPSA) is 36.9 Å². The number of ether oxygens (including phenoxy) is 4. The normalized spacial score (nSPS) is 17.9. The molecule has 0 radical (unpaired) electrons. The highest BCUT2D eigenvalue weighted by molar-refractivity contribution is 5.21. The maximum atomic E-state index is 5.21. The molecule has 0 heterocycles. The summed E-state index contributed by atoms with van der Waals surface area (Å²) >= 11 is 0. The van der Waals surface area contributed by atoms with Crippen molar-refractivity contribution in [3.8, 4) is 0 Å². The molecule has 28 heavy (non-hydrogen) atoms. The largest absolute Gasteiger partial charge is 0.502 e. The molecule has 1 aromatic rings. The maximum Gasteiger partial charge on any atom is 0.112 e. The Morgan fingerprint density at radius 2 is 0.929 bits per heavy atom. The first-order valence-electron chi connectivity index (χ1n) is 9.71. The summed E-state index contributed by atoms with van der Waals surface area (Å²) < 4.78 is 20.5. The zero-order valence-corrected chi connectivity index (χ0v) is 16.9. The fourth-order valence-corrected chi connectivity index (χ4v) is 3.02. The number of rotatable bonds is 12. The molecule has 0 aromatic heterocycles. The van der Waals surface area contributed by atoms with E-state index in [0.717, 1.165) is 24.3 Å². The monoisotopic (exact) mass is 386 g/mol. The molecule has 0 aliphatic heterocycles. The van der Waals surface area contributed by atoms with Crippen molar-refractivity contribution in [3.63, 3.8) is 0 Å². The summed E-state index contributed by atoms with van der Waals surface area (Å²) in [5.41, 5.74) is 2.24. The number of hydrogen-bond donors (Lipinski definition) is 0. The lowest BCUT2D eigenvalue weighted by Gasteiger charge is -2.27. The average Bonchev–Trinajstić information content (AvgIpc) is 2.75. The molecule has 2 rings (SSSR count). The minimum absolute atomic E-state index is 0.562. The second-order valence-corrected chi connectivity index (χ2v) is 6.66. The third kappa shape index (κ3) is 10.5. The quantitative estimate of drug-likeness (QED) is 0.406. The minimum Gasteiger partial charge on any atom is -0.502 e. The van der Waals surface area contributed by atoms with E-state index in [0.29, 0.717) is 25.0 Å². The van der Waals surface area contributed by atoms with Gasteiger partial charge in [0.2, 0.25) is 0 Å². The summed E-state index contributed by atoms with van der Waals surface area (Å²) in [4.78, 5) is 0. The van der Waals surface area contributed by atoms with Crippen molar-refractivity contribution < 1.29 is 18.9 Å². The first kappa shape index (κ1) is 23.4. The van der Waals surface area contributed by atoms with Gasteiger partial charge in [0.1, 0.15) is 13.2 Å². The van der Waals surface area contributed by atoms with Crippen molar-refractivity contribution in [1.82, 2.24) is 0 Å². The SMILES string of the molecule is C=COCC1CCC(COC=C)CC1.C=COCc1ccc(COC=C)cc1. The van der Waals surface area contributed by atoms with Gasteiger partial charge < -0.3 is 18.9 Å². The second kappa shape index (κ2) is 15.4. The van der Waals surface area contributed by atoms with E-state index in [2.05, 4.69) is 26.3 Å². The summed E-state index contributed by atoms with van der Waals surface area (Å²) in [6.45, 7) is 16.8. The molecule has 4 nitrogen and oxygen atoms in total. The predicted molar refractivity (Wildman–Crippen MR) is 114 cm³/mol. The van der Waals surface area contributed by atoms with Gasteiger partial charge in [-0.05, 0) is 48.6 Å². The van der Waals surface area contributed by atoms with E-state index in [9.17, 15) is 0 Å². The second-order valence-electron chi connectivity index (χ2n) is 6.66. The molecule has 1 aliphatic rings. The lowest BCUT2D eigenvalue weighted by molar-refractivity contribution is 0.114. The van der Waals surface area contributed by atoms with E-state index in [4.69, 9.17) is 18.9 Å². The van der Waals surface area contributed by atoms with E-state index in [1.165, 1.54) is 50.7 Å². The number of hydrogen-bond acceptors (Lipinski definition) is 4. The van der Waals surface area contributed by atoms with Crippen LogP contribution in [0.3, 0.4) is 0 Å². The zero-order chi connectivity index (χ0) is 20.5. The van der Waals surface area contributed by atoms with Crippen LogP contribution < -0.4 is 0 Å². The molecule has 154 valence electrons. The van der Waals surface area contributed by atoms with Gasteiger partial charge in [0.25, 0.3) is 0 Å². The Bertz CT molecular complexity index is 505. The Balaban J connectivity index is 0.000000280. The first-order chi connectivity index (χ1) is 13.7. The lowest BCUT2D eigenvalue weighted by atomic mass is 9.83. The Labute approximate surface area is 170 Å². The van der Waals surface area contributed by atoms with Crippen LogP contribution in [0.5, 0.6) is 0 Å². The van der Waals surface area contributed by atoms with Crippen LogP contribution >= 0.6 is 0 Å². The molecular weight excluding hydrogens is 352 g/mol. The van der Waals surface area contributed by atoms with Crippen LogP contribution in [-0.2, 0) is 32.2 Å². The van der Waals surface area contributed by atoms with Gasteiger partial charge in [-0.25, -0.2) is 0 Å². The third-order valence-corrected chi connectivity index (χ3v) is 4.62. The zero-order valence-electron chi connectivity index (χ0n) is 16.9. The summed E-state index contributed by atoms with van der Waals surface area (Å²) in [7, 11) is 0. The number of benzene rings is 1. The Kier molecular flexibility index (Phi) is 12.9. The van der Waals surface area contributed by atoms with Gasteiger partial charge in [-0.3, -0.25) is 0 Å². The fraction of sp³-hybridized carbons (Fsp3) is 0.417. The molecule has 1 saturated carbocycles. The molecule has 0 spiro atoms. The molecular formula is C24H34O4. The summed E-state index contributed by atoms with van der Waals surface area (Å²) in [5, 5.41) is 0.